The van der Waals surface area contributed by atoms with Gasteiger partial charge in [0.15, 0.2) is 0 Å². The number of hydrogen-bond acceptors (Lipinski definition) is 4. The Morgan fingerprint density at radius 3 is 3.14 bits per heavy atom. The van der Waals surface area contributed by atoms with Crippen LogP contribution in [0, 0.1) is 0 Å². The number of carbonyl (C=O) groups excluding carboxylic acids is 1. The molecule has 74 valence electrons. The van der Waals surface area contributed by atoms with Gasteiger partial charge in [-0.15, -0.1) is 0 Å². The van der Waals surface area contributed by atoms with Crippen molar-refractivity contribution in [2.24, 2.45) is 0 Å². The highest BCUT2D eigenvalue weighted by molar-refractivity contribution is 5.93. The summed E-state index contributed by atoms with van der Waals surface area (Å²) in [6, 6.07) is 1.57. The van der Waals surface area contributed by atoms with Gasteiger partial charge in [0.05, 0.1) is 19.3 Å². The van der Waals surface area contributed by atoms with Crippen molar-refractivity contribution >= 4 is 12.0 Å². The first kappa shape index (κ1) is 10.4. The fourth-order valence-electron chi connectivity index (χ4n) is 1.02. The second kappa shape index (κ2) is 5.14. The van der Waals surface area contributed by atoms with E-state index < -0.39 is 5.97 Å². The predicted molar refractivity (Wildman–Crippen MR) is 51.7 cm³/mol. The predicted octanol–water partition coefficient (Wildman–Crippen LogP) is 0.874. The molecule has 0 aromatic carbocycles. The second-order valence-corrected chi connectivity index (χ2v) is 2.54. The molecule has 0 unspecified atom stereocenters. The van der Waals surface area contributed by atoms with E-state index in [1.165, 1.54) is 19.4 Å². The van der Waals surface area contributed by atoms with Crippen molar-refractivity contribution in [3.8, 4) is 0 Å². The second-order valence-electron chi connectivity index (χ2n) is 2.54. The molecule has 0 aliphatic heterocycles. The summed E-state index contributed by atoms with van der Waals surface area (Å²) in [6.45, 7) is -0.0739. The average molecular weight is 193 g/mol. The zero-order valence-electron chi connectivity index (χ0n) is 7.80. The molecule has 1 heterocycles. The lowest BCUT2D eigenvalue weighted by molar-refractivity contribution is 0.0600. The summed E-state index contributed by atoms with van der Waals surface area (Å²) >= 11 is 0. The first-order chi connectivity index (χ1) is 6.79. The Morgan fingerprint density at radius 1 is 1.71 bits per heavy atom. The fourth-order valence-corrected chi connectivity index (χ4v) is 1.02. The minimum absolute atomic E-state index is 0.0739. The molecule has 1 aromatic heterocycles. The third-order valence-electron chi connectivity index (χ3n) is 1.66. The van der Waals surface area contributed by atoms with Crippen LogP contribution in [0.25, 0.3) is 6.08 Å². The van der Waals surface area contributed by atoms with Gasteiger partial charge in [0.2, 0.25) is 0 Å². The number of rotatable bonds is 3. The van der Waals surface area contributed by atoms with E-state index in [2.05, 4.69) is 9.72 Å². The van der Waals surface area contributed by atoms with Gasteiger partial charge in [-0.1, -0.05) is 12.2 Å². The van der Waals surface area contributed by atoms with E-state index in [0.717, 1.165) is 0 Å². The zero-order valence-corrected chi connectivity index (χ0v) is 7.80. The van der Waals surface area contributed by atoms with E-state index in [9.17, 15) is 4.79 Å². The van der Waals surface area contributed by atoms with Crippen molar-refractivity contribution in [3.63, 3.8) is 0 Å². The largest absolute Gasteiger partial charge is 0.465 e. The van der Waals surface area contributed by atoms with E-state index >= 15 is 0 Å². The molecule has 0 aliphatic carbocycles. The molecule has 1 rings (SSSR count). The number of nitrogens with zero attached hydrogens (tertiary/aromatic N) is 1. The quantitative estimate of drug-likeness (QED) is 0.724. The first-order valence-corrected chi connectivity index (χ1v) is 4.09. The summed E-state index contributed by atoms with van der Waals surface area (Å²) in [5.41, 5.74) is 1.07. The maximum absolute atomic E-state index is 11.3. The minimum Gasteiger partial charge on any atom is -0.465 e. The van der Waals surface area contributed by atoms with Crippen LogP contribution < -0.4 is 0 Å². The van der Waals surface area contributed by atoms with E-state index in [1.807, 2.05) is 0 Å². The zero-order chi connectivity index (χ0) is 10.4. The number of aliphatic hydroxyl groups excluding tert-OH is 1. The molecule has 0 saturated carbocycles. The van der Waals surface area contributed by atoms with Gasteiger partial charge in [-0.2, -0.15) is 0 Å². The van der Waals surface area contributed by atoms with Gasteiger partial charge < -0.3 is 9.84 Å². The van der Waals surface area contributed by atoms with Crippen LogP contribution >= 0.6 is 0 Å². The molecule has 14 heavy (non-hydrogen) atoms. The molecule has 0 bridgehead atoms. The molecule has 0 radical (unpaired) electrons. The van der Waals surface area contributed by atoms with Crippen molar-refractivity contribution < 1.29 is 14.6 Å². The Labute approximate surface area is 81.9 Å². The molecule has 0 saturated heterocycles. The third-order valence-corrected chi connectivity index (χ3v) is 1.66. The molecule has 0 fully saturated rings. The molecule has 0 amide bonds. The monoisotopic (exact) mass is 193 g/mol. The van der Waals surface area contributed by atoms with Gasteiger partial charge in [0.1, 0.15) is 0 Å². The first-order valence-electron chi connectivity index (χ1n) is 4.09. The molecule has 1 N–H and O–H groups in total. The lowest BCUT2D eigenvalue weighted by Crippen LogP contribution is -2.03. The van der Waals surface area contributed by atoms with Crippen molar-refractivity contribution in [3.05, 3.63) is 35.7 Å². The van der Waals surface area contributed by atoms with Crippen LogP contribution in [0.2, 0.25) is 0 Å². The number of carbonyl (C=O) groups is 1. The lowest BCUT2D eigenvalue weighted by Gasteiger charge is -2.01. The highest BCUT2D eigenvalue weighted by Crippen LogP contribution is 2.09. The Balaban J connectivity index is 3.03. The van der Waals surface area contributed by atoms with E-state index in [1.54, 1.807) is 18.3 Å². The lowest BCUT2D eigenvalue weighted by atomic mass is 10.1. The minimum atomic E-state index is -0.412. The summed E-state index contributed by atoms with van der Waals surface area (Å²) in [5, 5.41) is 8.59. The molecule has 4 nitrogen and oxygen atoms in total. The van der Waals surface area contributed by atoms with Crippen molar-refractivity contribution in [1.82, 2.24) is 4.98 Å². The van der Waals surface area contributed by atoms with Crippen LogP contribution in [0.1, 0.15) is 15.9 Å². The van der Waals surface area contributed by atoms with E-state index in [-0.39, 0.29) is 6.61 Å². The summed E-state index contributed by atoms with van der Waals surface area (Å²) < 4.78 is 4.59. The van der Waals surface area contributed by atoms with Gasteiger partial charge in [-0.05, 0) is 6.07 Å². The summed E-state index contributed by atoms with van der Waals surface area (Å²) in [7, 11) is 1.32. The van der Waals surface area contributed by atoms with Gasteiger partial charge in [-0.3, -0.25) is 4.98 Å². The maximum atomic E-state index is 11.3. The van der Waals surface area contributed by atoms with Gasteiger partial charge in [0, 0.05) is 18.0 Å². The molecule has 0 aliphatic rings. The highest BCUT2D eigenvalue weighted by Gasteiger charge is 2.08. The molecular weight excluding hydrogens is 182 g/mol. The topological polar surface area (TPSA) is 59.4 Å². The number of hydrogen-bond donors (Lipinski definition) is 1. The summed E-state index contributed by atoms with van der Waals surface area (Å²) in [6.07, 6.45) is 6.21. The number of esters is 1. The SMILES string of the molecule is COC(=O)c1ccncc1C=CCO. The molecule has 4 heteroatoms. The molecular formula is C10H11NO3. The standard InChI is InChI=1S/C10H11NO3/c1-14-10(13)9-4-5-11-7-8(9)3-2-6-12/h2-5,7,12H,6H2,1H3. The average Bonchev–Trinajstić information content (AvgIpc) is 2.25. The smallest absolute Gasteiger partial charge is 0.338 e. The van der Waals surface area contributed by atoms with Crippen molar-refractivity contribution in [1.29, 1.82) is 0 Å². The summed E-state index contributed by atoms with van der Waals surface area (Å²) in [4.78, 5) is 15.1. The Morgan fingerprint density at radius 2 is 2.50 bits per heavy atom. The third kappa shape index (κ3) is 2.40. The molecule has 0 spiro atoms. The normalized spacial score (nSPS) is 10.4. The number of aliphatic hydroxyl groups is 1. The maximum Gasteiger partial charge on any atom is 0.338 e. The number of pyridine rings is 1. The number of ether oxygens (including phenoxy) is 1. The van der Waals surface area contributed by atoms with E-state index in [4.69, 9.17) is 5.11 Å². The fraction of sp³-hybridized carbons (Fsp3) is 0.200. The van der Waals surface area contributed by atoms with Crippen LogP contribution in [0.5, 0.6) is 0 Å². The summed E-state index contributed by atoms with van der Waals surface area (Å²) in [5.74, 6) is -0.412. The Bertz CT molecular complexity index is 347. The van der Waals surface area contributed by atoms with Gasteiger partial charge >= 0.3 is 5.97 Å². The van der Waals surface area contributed by atoms with Crippen LogP contribution in [-0.2, 0) is 4.74 Å². The number of methoxy groups -OCH3 is 1. The molecule has 1 aromatic rings. The van der Waals surface area contributed by atoms with Crippen molar-refractivity contribution in [2.45, 2.75) is 0 Å². The van der Waals surface area contributed by atoms with Crippen molar-refractivity contribution in [2.75, 3.05) is 13.7 Å². The molecule has 0 atom stereocenters. The van der Waals surface area contributed by atoms with Crippen LogP contribution in [0.15, 0.2) is 24.5 Å². The van der Waals surface area contributed by atoms with Crippen LogP contribution in [0.4, 0.5) is 0 Å². The van der Waals surface area contributed by atoms with Crippen LogP contribution in [0.3, 0.4) is 0 Å². The Hall–Kier alpha value is -1.68. The van der Waals surface area contributed by atoms with E-state index in [0.29, 0.717) is 11.1 Å². The van der Waals surface area contributed by atoms with Gasteiger partial charge in [-0.25, -0.2) is 4.79 Å². The highest BCUT2D eigenvalue weighted by atomic mass is 16.5. The Kier molecular flexibility index (Phi) is 3.82. The number of aromatic nitrogens is 1. The van der Waals surface area contributed by atoms with Crippen LogP contribution in [-0.4, -0.2) is 29.8 Å². The van der Waals surface area contributed by atoms with Gasteiger partial charge in [0.25, 0.3) is 0 Å².